The van der Waals surface area contributed by atoms with Gasteiger partial charge in [-0.1, -0.05) is 52.8 Å². The van der Waals surface area contributed by atoms with Crippen LogP contribution in [0.5, 0.6) is 0 Å². The first-order valence-corrected chi connectivity index (χ1v) is 6.18. The Hall–Kier alpha value is -0.920. The van der Waals surface area contributed by atoms with E-state index in [-0.39, 0.29) is 4.70 Å². The molecule has 0 amide bonds. The first-order valence-electron chi connectivity index (χ1n) is 6.18. The Kier molecular flexibility index (Phi) is 30.2. The van der Waals surface area contributed by atoms with Gasteiger partial charge in [0.2, 0.25) is 0 Å². The summed E-state index contributed by atoms with van der Waals surface area (Å²) in [5.74, 6) is 0. The Morgan fingerprint density at radius 3 is 1.59 bits per heavy atom. The van der Waals surface area contributed by atoms with Crippen LogP contribution < -0.4 is 0 Å². The Morgan fingerprint density at radius 1 is 0.882 bits per heavy atom. The lowest BCUT2D eigenvalue weighted by Crippen LogP contribution is -1.84. The van der Waals surface area contributed by atoms with E-state index in [1.807, 2.05) is 27.7 Å². The summed E-state index contributed by atoms with van der Waals surface area (Å²) < 4.78 is 9.50. The molecule has 0 radical (unpaired) electrons. The van der Waals surface area contributed by atoms with Crippen LogP contribution >= 0.6 is 0 Å². The summed E-state index contributed by atoms with van der Waals surface area (Å²) in [4.78, 5) is 0. The van der Waals surface area contributed by atoms with E-state index in [1.165, 1.54) is 16.7 Å². The molecule has 1 rings (SSSR count). The van der Waals surface area contributed by atoms with Crippen LogP contribution in [-0.4, -0.2) is 7.18 Å². The zero-order valence-electron chi connectivity index (χ0n) is 12.7. The van der Waals surface area contributed by atoms with Gasteiger partial charge in [-0.3, -0.25) is 9.09 Å². The van der Waals surface area contributed by atoms with Crippen molar-refractivity contribution in [3.63, 3.8) is 0 Å². The van der Waals surface area contributed by atoms with Gasteiger partial charge in [0.1, 0.15) is 0 Å². The quantitative estimate of drug-likeness (QED) is 0.602. The first-order chi connectivity index (χ1) is 7.74. The van der Waals surface area contributed by atoms with Crippen molar-refractivity contribution in [1.29, 1.82) is 0 Å². The fraction of sp³-hybridized carbons (Fsp3) is 0.600. The maximum absolute atomic E-state index is 9.50. The zero-order chi connectivity index (χ0) is 13.6. The molecule has 0 spiro atoms. The number of hydrogen-bond donors (Lipinski definition) is 0. The minimum atomic E-state index is 0. The van der Waals surface area contributed by atoms with Crippen LogP contribution in [0, 0.1) is 13.8 Å². The average molecular weight is 248 g/mol. The van der Waals surface area contributed by atoms with Gasteiger partial charge in [-0.25, -0.2) is 0 Å². The van der Waals surface area contributed by atoms with E-state index in [0.29, 0.717) is 7.18 Å². The molecule has 0 heterocycles. The Labute approximate surface area is 107 Å². The van der Waals surface area contributed by atoms with Crippen molar-refractivity contribution in [1.82, 2.24) is 0 Å². The van der Waals surface area contributed by atoms with Crippen molar-refractivity contribution in [2.45, 2.75) is 54.9 Å². The highest BCUT2D eigenvalue weighted by Crippen LogP contribution is 2.09. The third-order valence-electron chi connectivity index (χ3n) is 1.98. The summed E-state index contributed by atoms with van der Waals surface area (Å²) >= 11 is 0. The van der Waals surface area contributed by atoms with E-state index in [0.717, 1.165) is 6.42 Å². The van der Waals surface area contributed by atoms with Crippen LogP contribution in [0.15, 0.2) is 18.2 Å². The van der Waals surface area contributed by atoms with Crippen LogP contribution in [0.25, 0.3) is 0 Å². The second kappa shape index (κ2) is 20.5. The van der Waals surface area contributed by atoms with Crippen LogP contribution in [0.4, 0.5) is 9.09 Å². The molecule has 2 heteroatoms. The summed E-state index contributed by atoms with van der Waals surface area (Å²) in [7, 11) is 0.500. The zero-order valence-corrected chi connectivity index (χ0v) is 12.7. The molecule has 0 atom stereocenters. The standard InChI is InChI=1S/C10H14.2C2H6.CH3F.FH/c1-4-10-6-5-8(2)9(3)7-10;3*1-2;/h5-7H,4H2,1-3H3;2*1-2H3;1H3;1H. The average Bonchev–Trinajstić information content (AvgIpc) is 2.40. The van der Waals surface area contributed by atoms with Gasteiger partial charge in [0.05, 0.1) is 7.18 Å². The largest absolute Gasteiger partial charge is 0.269 e. The van der Waals surface area contributed by atoms with Crippen molar-refractivity contribution < 1.29 is 9.09 Å². The normalized spacial score (nSPS) is 6.88. The fourth-order valence-corrected chi connectivity index (χ4v) is 1.02. The Morgan fingerprint density at radius 2 is 1.29 bits per heavy atom. The van der Waals surface area contributed by atoms with Crippen molar-refractivity contribution >= 4 is 0 Å². The third kappa shape index (κ3) is 13.0. The fourth-order valence-electron chi connectivity index (χ4n) is 1.02. The lowest BCUT2D eigenvalue weighted by atomic mass is 10.1. The molecular weight excluding hydrogens is 218 g/mol. The molecule has 0 bridgehead atoms. The summed E-state index contributed by atoms with van der Waals surface area (Å²) in [6, 6.07) is 6.64. The lowest BCUT2D eigenvalue weighted by molar-refractivity contribution is 0.636. The highest BCUT2D eigenvalue weighted by atomic mass is 19.1. The smallest absolute Gasteiger partial charge is 0.0785 e. The van der Waals surface area contributed by atoms with Crippen LogP contribution in [0.1, 0.15) is 51.3 Å². The number of benzene rings is 1. The lowest BCUT2D eigenvalue weighted by Gasteiger charge is -2.01. The SMILES string of the molecule is CC.CC.CCc1ccc(C)c(C)c1.CF.F. The van der Waals surface area contributed by atoms with Crippen molar-refractivity contribution in [3.8, 4) is 0 Å². The molecule has 0 aliphatic heterocycles. The Bertz CT molecular complexity index is 232. The van der Waals surface area contributed by atoms with Gasteiger partial charge >= 0.3 is 0 Å². The summed E-state index contributed by atoms with van der Waals surface area (Å²) in [5, 5.41) is 0. The molecule has 0 nitrogen and oxygen atoms in total. The van der Waals surface area contributed by atoms with Crippen LogP contribution in [-0.2, 0) is 6.42 Å². The molecule has 0 aromatic heterocycles. The van der Waals surface area contributed by atoms with Gasteiger partial charge < -0.3 is 0 Å². The molecule has 0 aliphatic carbocycles. The van der Waals surface area contributed by atoms with E-state index in [2.05, 4.69) is 39.0 Å². The van der Waals surface area contributed by atoms with Crippen molar-refractivity contribution in [2.75, 3.05) is 7.18 Å². The van der Waals surface area contributed by atoms with E-state index >= 15 is 0 Å². The van der Waals surface area contributed by atoms with E-state index in [1.54, 1.807) is 0 Å². The van der Waals surface area contributed by atoms with Crippen molar-refractivity contribution in [3.05, 3.63) is 34.9 Å². The molecule has 0 saturated carbocycles. The highest BCUT2D eigenvalue weighted by Gasteiger charge is 1.92. The maximum Gasteiger partial charge on any atom is 0.0785 e. The molecule has 17 heavy (non-hydrogen) atoms. The van der Waals surface area contributed by atoms with Crippen LogP contribution in [0.3, 0.4) is 0 Å². The van der Waals surface area contributed by atoms with Gasteiger partial charge in [0.15, 0.2) is 0 Å². The number of alkyl halides is 1. The molecular formula is C15H30F2. The number of rotatable bonds is 1. The molecule has 0 saturated heterocycles. The second-order valence-electron chi connectivity index (χ2n) is 2.77. The summed E-state index contributed by atoms with van der Waals surface area (Å²) in [5.41, 5.74) is 4.22. The monoisotopic (exact) mass is 248 g/mol. The summed E-state index contributed by atoms with van der Waals surface area (Å²) in [6.45, 7) is 14.5. The minimum Gasteiger partial charge on any atom is -0.269 e. The predicted molar refractivity (Wildman–Crippen MR) is 77.5 cm³/mol. The van der Waals surface area contributed by atoms with Crippen molar-refractivity contribution in [2.24, 2.45) is 0 Å². The molecule has 0 unspecified atom stereocenters. The van der Waals surface area contributed by atoms with Crippen LogP contribution in [0.2, 0.25) is 0 Å². The van der Waals surface area contributed by atoms with Gasteiger partial charge in [0.25, 0.3) is 0 Å². The minimum absolute atomic E-state index is 0. The Balaban J connectivity index is -0.000000106. The maximum atomic E-state index is 9.50. The second-order valence-corrected chi connectivity index (χ2v) is 2.77. The third-order valence-corrected chi connectivity index (χ3v) is 1.98. The molecule has 0 aliphatic rings. The number of halogens is 2. The molecule has 104 valence electrons. The van der Waals surface area contributed by atoms with Gasteiger partial charge in [-0.2, -0.15) is 0 Å². The predicted octanol–water partition coefficient (Wildman–Crippen LogP) is 5.66. The number of hydrogen-bond acceptors (Lipinski definition) is 0. The number of aryl methyl sites for hydroxylation is 3. The van der Waals surface area contributed by atoms with Gasteiger partial charge in [0, 0.05) is 0 Å². The molecule has 1 aromatic rings. The van der Waals surface area contributed by atoms with E-state index in [9.17, 15) is 4.39 Å². The van der Waals surface area contributed by atoms with Gasteiger partial charge in [-0.15, -0.1) is 0 Å². The highest BCUT2D eigenvalue weighted by molar-refractivity contribution is 5.29. The van der Waals surface area contributed by atoms with E-state index < -0.39 is 0 Å². The molecule has 0 fully saturated rings. The molecule has 0 N–H and O–H groups in total. The topological polar surface area (TPSA) is 0 Å². The summed E-state index contributed by atoms with van der Waals surface area (Å²) in [6.07, 6.45) is 1.14. The van der Waals surface area contributed by atoms with E-state index in [4.69, 9.17) is 0 Å². The first kappa shape index (κ1) is 25.1. The molecule has 1 aromatic carbocycles. The van der Waals surface area contributed by atoms with Gasteiger partial charge in [-0.05, 0) is 37.0 Å².